The van der Waals surface area contributed by atoms with Crippen LogP contribution in [0.3, 0.4) is 0 Å². The molecule has 0 spiro atoms. The van der Waals surface area contributed by atoms with Gasteiger partial charge < -0.3 is 9.80 Å². The normalized spacial score (nSPS) is 14.2. The summed E-state index contributed by atoms with van der Waals surface area (Å²) in [6, 6.07) is 8.58. The number of nitriles is 1. The maximum Gasteiger partial charge on any atom is 0.253 e. The number of likely N-dealkylation sites (tertiary alicyclic amines) is 1. The number of rotatable bonds is 4. The first-order valence-corrected chi connectivity index (χ1v) is 6.65. The van der Waals surface area contributed by atoms with Crippen LogP contribution in [-0.2, 0) is 4.79 Å². The third kappa shape index (κ3) is 3.15. The highest BCUT2D eigenvalue weighted by molar-refractivity contribution is 5.94. The van der Waals surface area contributed by atoms with Gasteiger partial charge in [0.15, 0.2) is 0 Å². The van der Waals surface area contributed by atoms with Gasteiger partial charge in [0, 0.05) is 38.7 Å². The zero-order chi connectivity index (χ0) is 14.5. The summed E-state index contributed by atoms with van der Waals surface area (Å²) in [4.78, 5) is 27.1. The zero-order valence-corrected chi connectivity index (χ0v) is 11.5. The average Bonchev–Trinajstić information content (AvgIpc) is 2.89. The first-order valence-electron chi connectivity index (χ1n) is 6.65. The predicted octanol–water partition coefficient (Wildman–Crippen LogP) is 1.25. The van der Waals surface area contributed by atoms with Gasteiger partial charge in [-0.2, -0.15) is 5.26 Å². The van der Waals surface area contributed by atoms with Gasteiger partial charge in [-0.15, -0.1) is 0 Å². The van der Waals surface area contributed by atoms with Crippen molar-refractivity contribution >= 4 is 11.8 Å². The van der Waals surface area contributed by atoms with Gasteiger partial charge in [0.25, 0.3) is 5.91 Å². The van der Waals surface area contributed by atoms with E-state index < -0.39 is 0 Å². The van der Waals surface area contributed by atoms with Crippen molar-refractivity contribution in [2.45, 2.75) is 12.8 Å². The smallest absolute Gasteiger partial charge is 0.253 e. The van der Waals surface area contributed by atoms with Crippen molar-refractivity contribution in [2.24, 2.45) is 0 Å². The highest BCUT2D eigenvalue weighted by Gasteiger charge is 2.21. The minimum absolute atomic E-state index is 0.0962. The number of likely N-dealkylation sites (N-methyl/N-ethyl adjacent to an activating group) is 1. The van der Waals surface area contributed by atoms with Crippen LogP contribution in [0.15, 0.2) is 24.3 Å². The average molecular weight is 271 g/mol. The molecule has 104 valence electrons. The van der Waals surface area contributed by atoms with Crippen molar-refractivity contribution in [3.8, 4) is 6.07 Å². The van der Waals surface area contributed by atoms with Crippen LogP contribution >= 0.6 is 0 Å². The van der Waals surface area contributed by atoms with Crippen molar-refractivity contribution in [1.82, 2.24) is 9.80 Å². The molecule has 0 bridgehead atoms. The number of benzene rings is 1. The number of carbonyl (C=O) groups is 2. The molecule has 1 aliphatic rings. The molecule has 0 atom stereocenters. The van der Waals surface area contributed by atoms with Crippen LogP contribution in [0.4, 0.5) is 0 Å². The molecule has 0 aliphatic carbocycles. The number of amides is 2. The molecule has 1 heterocycles. The van der Waals surface area contributed by atoms with E-state index >= 15 is 0 Å². The van der Waals surface area contributed by atoms with E-state index in [2.05, 4.69) is 0 Å². The highest BCUT2D eigenvalue weighted by atomic mass is 16.2. The maximum absolute atomic E-state index is 12.2. The number of hydrogen-bond acceptors (Lipinski definition) is 3. The van der Waals surface area contributed by atoms with E-state index in [1.807, 2.05) is 6.07 Å². The molecule has 1 aromatic carbocycles. The Balaban J connectivity index is 1.91. The van der Waals surface area contributed by atoms with Crippen LogP contribution in [0.5, 0.6) is 0 Å². The standard InChI is InChI=1S/C15H17N3O2/c1-17(9-10-18-8-2-3-14(18)19)15(20)13-6-4-12(11-16)5-7-13/h4-7H,2-3,8-10H2,1H3. The topological polar surface area (TPSA) is 64.4 Å². The predicted molar refractivity (Wildman–Crippen MR) is 73.9 cm³/mol. The van der Waals surface area contributed by atoms with Crippen LogP contribution in [0.25, 0.3) is 0 Å². The monoisotopic (exact) mass is 271 g/mol. The second-order valence-corrected chi connectivity index (χ2v) is 4.90. The molecule has 5 heteroatoms. The van der Waals surface area contributed by atoms with E-state index in [9.17, 15) is 9.59 Å². The van der Waals surface area contributed by atoms with Gasteiger partial charge in [0.1, 0.15) is 0 Å². The molecular weight excluding hydrogens is 254 g/mol. The second-order valence-electron chi connectivity index (χ2n) is 4.90. The molecule has 5 nitrogen and oxygen atoms in total. The molecule has 0 N–H and O–H groups in total. The lowest BCUT2D eigenvalue weighted by atomic mass is 10.1. The Hall–Kier alpha value is -2.35. The fourth-order valence-corrected chi connectivity index (χ4v) is 2.22. The molecule has 0 unspecified atom stereocenters. The fourth-order valence-electron chi connectivity index (χ4n) is 2.22. The van der Waals surface area contributed by atoms with E-state index in [0.29, 0.717) is 30.6 Å². The molecule has 20 heavy (non-hydrogen) atoms. The van der Waals surface area contributed by atoms with Crippen molar-refractivity contribution < 1.29 is 9.59 Å². The summed E-state index contributed by atoms with van der Waals surface area (Å²) in [6.07, 6.45) is 1.53. The third-order valence-electron chi connectivity index (χ3n) is 3.48. The molecule has 1 saturated heterocycles. The van der Waals surface area contributed by atoms with Crippen LogP contribution < -0.4 is 0 Å². The minimum Gasteiger partial charge on any atom is -0.341 e. The lowest BCUT2D eigenvalue weighted by Gasteiger charge is -2.22. The molecule has 0 radical (unpaired) electrons. The summed E-state index contributed by atoms with van der Waals surface area (Å²) in [7, 11) is 1.72. The lowest BCUT2D eigenvalue weighted by molar-refractivity contribution is -0.127. The minimum atomic E-state index is -0.0962. The lowest BCUT2D eigenvalue weighted by Crippen LogP contribution is -2.36. The molecule has 2 amide bonds. The Morgan fingerprint density at radius 3 is 2.65 bits per heavy atom. The van der Waals surface area contributed by atoms with Crippen LogP contribution in [-0.4, -0.2) is 48.3 Å². The molecule has 2 rings (SSSR count). The Morgan fingerprint density at radius 1 is 1.40 bits per heavy atom. The first kappa shape index (κ1) is 14.1. The van der Waals surface area contributed by atoms with Crippen molar-refractivity contribution in [1.29, 1.82) is 5.26 Å². The van der Waals surface area contributed by atoms with Crippen molar-refractivity contribution in [3.63, 3.8) is 0 Å². The van der Waals surface area contributed by atoms with E-state index in [1.165, 1.54) is 0 Å². The van der Waals surface area contributed by atoms with E-state index in [4.69, 9.17) is 5.26 Å². The third-order valence-corrected chi connectivity index (χ3v) is 3.48. The van der Waals surface area contributed by atoms with E-state index in [0.717, 1.165) is 13.0 Å². The first-order chi connectivity index (χ1) is 9.61. The van der Waals surface area contributed by atoms with Gasteiger partial charge in [0.2, 0.25) is 5.91 Å². The number of hydrogen-bond donors (Lipinski definition) is 0. The van der Waals surface area contributed by atoms with Crippen LogP contribution in [0.1, 0.15) is 28.8 Å². The summed E-state index contributed by atoms with van der Waals surface area (Å²) in [5, 5.41) is 8.72. The summed E-state index contributed by atoms with van der Waals surface area (Å²) >= 11 is 0. The van der Waals surface area contributed by atoms with Gasteiger partial charge in [0.05, 0.1) is 11.6 Å². The Morgan fingerprint density at radius 2 is 2.10 bits per heavy atom. The molecule has 1 aromatic rings. The van der Waals surface area contributed by atoms with Gasteiger partial charge in [-0.1, -0.05) is 0 Å². The van der Waals surface area contributed by atoms with E-state index in [-0.39, 0.29) is 11.8 Å². The van der Waals surface area contributed by atoms with Gasteiger partial charge in [-0.05, 0) is 30.7 Å². The van der Waals surface area contributed by atoms with E-state index in [1.54, 1.807) is 41.1 Å². The van der Waals surface area contributed by atoms with Gasteiger partial charge in [-0.25, -0.2) is 0 Å². The maximum atomic E-state index is 12.2. The number of carbonyl (C=O) groups excluding carboxylic acids is 2. The summed E-state index contributed by atoms with van der Waals surface area (Å²) < 4.78 is 0. The second kappa shape index (κ2) is 6.20. The molecular formula is C15H17N3O2. The summed E-state index contributed by atoms with van der Waals surface area (Å²) in [5.41, 5.74) is 1.09. The van der Waals surface area contributed by atoms with Crippen LogP contribution in [0, 0.1) is 11.3 Å². The molecule has 0 saturated carbocycles. The van der Waals surface area contributed by atoms with Crippen LogP contribution in [0.2, 0.25) is 0 Å². The Bertz CT molecular complexity index is 545. The largest absolute Gasteiger partial charge is 0.341 e. The highest BCUT2D eigenvalue weighted by Crippen LogP contribution is 2.10. The SMILES string of the molecule is CN(CCN1CCCC1=O)C(=O)c1ccc(C#N)cc1. The quantitative estimate of drug-likeness (QED) is 0.828. The fraction of sp³-hybridized carbons (Fsp3) is 0.400. The Labute approximate surface area is 118 Å². The zero-order valence-electron chi connectivity index (χ0n) is 11.5. The van der Waals surface area contributed by atoms with Gasteiger partial charge >= 0.3 is 0 Å². The Kier molecular flexibility index (Phi) is 4.36. The van der Waals surface area contributed by atoms with Crippen molar-refractivity contribution in [3.05, 3.63) is 35.4 Å². The van der Waals surface area contributed by atoms with Gasteiger partial charge in [-0.3, -0.25) is 9.59 Å². The van der Waals surface area contributed by atoms with Crippen molar-refractivity contribution in [2.75, 3.05) is 26.7 Å². The molecule has 1 aliphatic heterocycles. The number of nitrogens with zero attached hydrogens (tertiary/aromatic N) is 3. The summed E-state index contributed by atoms with van der Waals surface area (Å²) in [5.74, 6) is 0.0744. The molecule has 1 fully saturated rings. The summed E-state index contributed by atoms with van der Waals surface area (Å²) in [6.45, 7) is 1.89. The molecule has 0 aromatic heterocycles.